The number of methoxy groups -OCH3 is 1. The van der Waals surface area contributed by atoms with Gasteiger partial charge in [-0.3, -0.25) is 9.48 Å². The molecular formula is C23H16F4N4O3. The lowest BCUT2D eigenvalue weighted by Crippen LogP contribution is -2.13. The molecule has 0 unspecified atom stereocenters. The van der Waals surface area contributed by atoms with E-state index in [9.17, 15) is 27.2 Å². The Labute approximate surface area is 189 Å². The van der Waals surface area contributed by atoms with Crippen molar-refractivity contribution in [2.24, 2.45) is 5.73 Å². The molecule has 0 atom stereocenters. The third kappa shape index (κ3) is 4.45. The number of rotatable bonds is 5. The van der Waals surface area contributed by atoms with Crippen LogP contribution in [0.4, 0.5) is 17.6 Å². The molecule has 1 amide bonds. The number of benzene rings is 2. The molecule has 0 aliphatic carbocycles. The van der Waals surface area contributed by atoms with Gasteiger partial charge in [0.25, 0.3) is 5.91 Å². The lowest BCUT2D eigenvalue weighted by atomic mass is 9.98. The molecule has 0 spiro atoms. The van der Waals surface area contributed by atoms with E-state index in [0.717, 1.165) is 18.0 Å². The standard InChI is InChI=1S/C23H16F4N4O3/c1-34-22(33)17-11-31(30-20(17)23(25,26)27)10-12-2-7-15-16(13-3-5-14(24)6-4-13)9-19(21(28)32)29-18(15)8-12/h2-9,11H,10H2,1H3,(H2,28,32). The summed E-state index contributed by atoms with van der Waals surface area (Å²) in [6.07, 6.45) is -3.89. The predicted molar refractivity (Wildman–Crippen MR) is 113 cm³/mol. The maximum atomic E-state index is 13.4. The van der Waals surface area contributed by atoms with E-state index < -0.39 is 35.1 Å². The van der Waals surface area contributed by atoms with Crippen LogP contribution in [0.3, 0.4) is 0 Å². The summed E-state index contributed by atoms with van der Waals surface area (Å²) in [5, 5.41) is 4.12. The van der Waals surface area contributed by atoms with E-state index in [-0.39, 0.29) is 12.2 Å². The van der Waals surface area contributed by atoms with Gasteiger partial charge in [-0.05, 0) is 41.0 Å². The third-order valence-corrected chi connectivity index (χ3v) is 5.06. The van der Waals surface area contributed by atoms with Crippen LogP contribution in [0, 0.1) is 5.82 Å². The van der Waals surface area contributed by atoms with Gasteiger partial charge in [-0.25, -0.2) is 14.2 Å². The van der Waals surface area contributed by atoms with Crippen molar-refractivity contribution in [3.63, 3.8) is 0 Å². The van der Waals surface area contributed by atoms with Crippen LogP contribution in [-0.4, -0.2) is 33.8 Å². The molecule has 2 heterocycles. The molecule has 0 aliphatic rings. The van der Waals surface area contributed by atoms with Crippen molar-refractivity contribution in [2.75, 3.05) is 7.11 Å². The molecule has 34 heavy (non-hydrogen) atoms. The Morgan fingerprint density at radius 1 is 1.09 bits per heavy atom. The van der Waals surface area contributed by atoms with Crippen LogP contribution in [0.2, 0.25) is 0 Å². The fraction of sp³-hybridized carbons (Fsp3) is 0.130. The maximum absolute atomic E-state index is 13.4. The average molecular weight is 472 g/mol. The fourth-order valence-electron chi connectivity index (χ4n) is 3.52. The minimum absolute atomic E-state index is 0.0320. The van der Waals surface area contributed by atoms with Gasteiger partial charge in [0.2, 0.25) is 0 Å². The molecule has 0 saturated carbocycles. The quantitative estimate of drug-likeness (QED) is 0.347. The van der Waals surface area contributed by atoms with Crippen molar-refractivity contribution in [3.05, 3.63) is 83.1 Å². The van der Waals surface area contributed by atoms with E-state index in [0.29, 0.717) is 27.6 Å². The number of hydrogen-bond donors (Lipinski definition) is 1. The molecule has 11 heteroatoms. The van der Waals surface area contributed by atoms with Crippen LogP contribution < -0.4 is 5.73 Å². The maximum Gasteiger partial charge on any atom is 0.436 e. The minimum Gasteiger partial charge on any atom is -0.465 e. The molecule has 7 nitrogen and oxygen atoms in total. The Morgan fingerprint density at radius 3 is 2.41 bits per heavy atom. The normalized spacial score (nSPS) is 11.6. The zero-order valence-corrected chi connectivity index (χ0v) is 17.6. The number of amides is 1. The van der Waals surface area contributed by atoms with Crippen molar-refractivity contribution >= 4 is 22.8 Å². The molecule has 0 radical (unpaired) electrons. The molecule has 2 aromatic heterocycles. The minimum atomic E-state index is -4.85. The van der Waals surface area contributed by atoms with Crippen LogP contribution >= 0.6 is 0 Å². The van der Waals surface area contributed by atoms with E-state index in [2.05, 4.69) is 14.8 Å². The van der Waals surface area contributed by atoms with Gasteiger partial charge in [-0.15, -0.1) is 0 Å². The number of hydrogen-bond acceptors (Lipinski definition) is 5. The van der Waals surface area contributed by atoms with Crippen LogP contribution in [0.5, 0.6) is 0 Å². The molecule has 0 aliphatic heterocycles. The number of nitrogens with two attached hydrogens (primary N) is 1. The monoisotopic (exact) mass is 472 g/mol. The number of halogens is 4. The molecular weight excluding hydrogens is 456 g/mol. The molecule has 4 aromatic rings. The smallest absolute Gasteiger partial charge is 0.436 e. The summed E-state index contributed by atoms with van der Waals surface area (Å²) in [7, 11) is 0.976. The number of primary amides is 1. The first-order chi connectivity index (χ1) is 16.1. The van der Waals surface area contributed by atoms with E-state index in [1.54, 1.807) is 30.3 Å². The van der Waals surface area contributed by atoms with Gasteiger partial charge < -0.3 is 10.5 Å². The Bertz CT molecular complexity index is 1410. The summed E-state index contributed by atoms with van der Waals surface area (Å²) in [6, 6.07) is 12.0. The van der Waals surface area contributed by atoms with Crippen molar-refractivity contribution in [2.45, 2.75) is 12.7 Å². The van der Waals surface area contributed by atoms with Crippen molar-refractivity contribution < 1.29 is 31.9 Å². The van der Waals surface area contributed by atoms with Gasteiger partial charge in [0.1, 0.15) is 17.1 Å². The average Bonchev–Trinajstić information content (AvgIpc) is 3.22. The Morgan fingerprint density at radius 2 is 1.79 bits per heavy atom. The van der Waals surface area contributed by atoms with Gasteiger partial charge in [-0.2, -0.15) is 18.3 Å². The number of aromatic nitrogens is 3. The first kappa shape index (κ1) is 22.9. The SMILES string of the molecule is COC(=O)c1cn(Cc2ccc3c(-c4ccc(F)cc4)cc(C(N)=O)nc3c2)nc1C(F)(F)F. The second kappa shape index (κ2) is 8.58. The number of alkyl halides is 3. The Balaban J connectivity index is 1.79. The van der Waals surface area contributed by atoms with E-state index in [4.69, 9.17) is 5.73 Å². The van der Waals surface area contributed by atoms with E-state index >= 15 is 0 Å². The zero-order valence-electron chi connectivity index (χ0n) is 17.6. The largest absolute Gasteiger partial charge is 0.465 e. The summed E-state index contributed by atoms with van der Waals surface area (Å²) in [4.78, 5) is 27.8. The number of carbonyl (C=O) groups is 2. The van der Waals surface area contributed by atoms with Gasteiger partial charge in [0.15, 0.2) is 5.69 Å². The number of esters is 1. The number of nitrogens with zero attached hydrogens (tertiary/aromatic N) is 3. The number of fused-ring (bicyclic) bond motifs is 1. The molecule has 174 valence electrons. The predicted octanol–water partition coefficient (Wildman–Crippen LogP) is 4.19. The molecule has 2 aromatic carbocycles. The molecule has 2 N–H and O–H groups in total. The fourth-order valence-corrected chi connectivity index (χ4v) is 3.52. The second-order valence-electron chi connectivity index (χ2n) is 7.36. The Hall–Kier alpha value is -4.28. The summed E-state index contributed by atoms with van der Waals surface area (Å²) in [6.45, 7) is -0.121. The topological polar surface area (TPSA) is 100 Å². The second-order valence-corrected chi connectivity index (χ2v) is 7.36. The molecule has 4 rings (SSSR count). The van der Waals surface area contributed by atoms with Crippen molar-refractivity contribution in [1.82, 2.24) is 14.8 Å². The lowest BCUT2D eigenvalue weighted by molar-refractivity contribution is -0.142. The van der Waals surface area contributed by atoms with Gasteiger partial charge in [0.05, 0.1) is 19.2 Å². The molecule has 0 bridgehead atoms. The van der Waals surface area contributed by atoms with Crippen LogP contribution in [0.1, 0.15) is 32.1 Å². The molecule has 0 fully saturated rings. The van der Waals surface area contributed by atoms with Crippen LogP contribution in [-0.2, 0) is 17.5 Å². The Kier molecular flexibility index (Phi) is 5.78. The number of carbonyl (C=O) groups excluding carboxylic acids is 2. The first-order valence-electron chi connectivity index (χ1n) is 9.79. The highest BCUT2D eigenvalue weighted by atomic mass is 19.4. The molecule has 0 saturated heterocycles. The zero-order chi connectivity index (χ0) is 24.6. The summed E-state index contributed by atoms with van der Waals surface area (Å²) in [5.41, 5.74) is 5.37. The van der Waals surface area contributed by atoms with Gasteiger partial charge in [-0.1, -0.05) is 24.3 Å². The highest BCUT2D eigenvalue weighted by Gasteiger charge is 2.39. The highest BCUT2D eigenvalue weighted by Crippen LogP contribution is 2.32. The third-order valence-electron chi connectivity index (χ3n) is 5.06. The first-order valence-corrected chi connectivity index (χ1v) is 9.79. The van der Waals surface area contributed by atoms with E-state index in [1.165, 1.54) is 18.2 Å². The summed E-state index contributed by atoms with van der Waals surface area (Å²) in [5.74, 6) is -2.36. The van der Waals surface area contributed by atoms with Gasteiger partial charge in [0, 0.05) is 11.6 Å². The highest BCUT2D eigenvalue weighted by molar-refractivity contribution is 6.01. The summed E-state index contributed by atoms with van der Waals surface area (Å²) >= 11 is 0. The van der Waals surface area contributed by atoms with Crippen molar-refractivity contribution in [1.29, 1.82) is 0 Å². The number of ether oxygens (including phenoxy) is 1. The van der Waals surface area contributed by atoms with Crippen LogP contribution in [0.25, 0.3) is 22.0 Å². The van der Waals surface area contributed by atoms with Crippen LogP contribution in [0.15, 0.2) is 54.7 Å². The van der Waals surface area contributed by atoms with Crippen molar-refractivity contribution in [3.8, 4) is 11.1 Å². The lowest BCUT2D eigenvalue weighted by Gasteiger charge is -2.11. The van der Waals surface area contributed by atoms with E-state index in [1.807, 2.05) is 0 Å². The summed E-state index contributed by atoms with van der Waals surface area (Å²) < 4.78 is 58.6. The number of pyridine rings is 1. The van der Waals surface area contributed by atoms with Gasteiger partial charge >= 0.3 is 12.1 Å².